The SMILES string of the molecule is Cc1cccc(C)c1NC(=O)CN(c1ccc(Cl)cc1)S(C)(=O)=O. The minimum atomic E-state index is -3.61. The lowest BCUT2D eigenvalue weighted by Gasteiger charge is -2.22. The zero-order valence-electron chi connectivity index (χ0n) is 13.7. The number of aryl methyl sites for hydroxylation is 2. The molecule has 0 radical (unpaired) electrons. The largest absolute Gasteiger partial charge is 0.324 e. The number of carbonyl (C=O) groups excluding carboxylic acids is 1. The highest BCUT2D eigenvalue weighted by Gasteiger charge is 2.21. The van der Waals surface area contributed by atoms with Gasteiger partial charge in [0.05, 0.1) is 11.9 Å². The molecule has 1 amide bonds. The Morgan fingerprint density at radius 3 is 2.12 bits per heavy atom. The summed E-state index contributed by atoms with van der Waals surface area (Å²) in [5.41, 5.74) is 2.92. The maximum Gasteiger partial charge on any atom is 0.245 e. The van der Waals surface area contributed by atoms with Crippen LogP contribution in [0.2, 0.25) is 5.02 Å². The minimum absolute atomic E-state index is 0.311. The first-order valence-electron chi connectivity index (χ1n) is 7.28. The number of hydrogen-bond acceptors (Lipinski definition) is 3. The van der Waals surface area contributed by atoms with Crippen LogP contribution in [0.15, 0.2) is 42.5 Å². The third kappa shape index (κ3) is 4.49. The van der Waals surface area contributed by atoms with Crippen LogP contribution in [0.1, 0.15) is 11.1 Å². The average Bonchev–Trinajstić information content (AvgIpc) is 2.49. The van der Waals surface area contributed by atoms with Crippen molar-refractivity contribution in [3.8, 4) is 0 Å². The molecule has 7 heteroatoms. The van der Waals surface area contributed by atoms with E-state index < -0.39 is 15.9 Å². The molecule has 1 N–H and O–H groups in total. The Kier molecular flexibility index (Phi) is 5.51. The third-order valence-electron chi connectivity index (χ3n) is 3.55. The minimum Gasteiger partial charge on any atom is -0.324 e. The van der Waals surface area contributed by atoms with Gasteiger partial charge in [0.1, 0.15) is 6.54 Å². The summed E-state index contributed by atoms with van der Waals surface area (Å²) in [6, 6.07) is 12.0. The van der Waals surface area contributed by atoms with E-state index in [4.69, 9.17) is 11.6 Å². The maximum absolute atomic E-state index is 12.4. The Morgan fingerprint density at radius 1 is 1.08 bits per heavy atom. The number of nitrogens with zero attached hydrogens (tertiary/aromatic N) is 1. The lowest BCUT2D eigenvalue weighted by atomic mass is 10.1. The number of hydrogen-bond donors (Lipinski definition) is 1. The van der Waals surface area contributed by atoms with E-state index in [1.54, 1.807) is 24.3 Å². The van der Waals surface area contributed by atoms with Crippen LogP contribution in [0.3, 0.4) is 0 Å². The van der Waals surface area contributed by atoms with Gasteiger partial charge in [0.25, 0.3) is 0 Å². The third-order valence-corrected chi connectivity index (χ3v) is 4.94. The Balaban J connectivity index is 2.24. The van der Waals surface area contributed by atoms with Gasteiger partial charge in [-0.15, -0.1) is 0 Å². The standard InChI is InChI=1S/C17H19ClN2O3S/c1-12-5-4-6-13(2)17(12)19-16(21)11-20(24(3,22)23)15-9-7-14(18)8-10-15/h4-10H,11H2,1-3H3,(H,19,21). The van der Waals surface area contributed by atoms with Gasteiger partial charge in [0.15, 0.2) is 0 Å². The predicted molar refractivity (Wildman–Crippen MR) is 98.2 cm³/mol. The molecule has 0 fully saturated rings. The Morgan fingerprint density at radius 2 is 1.62 bits per heavy atom. The van der Waals surface area contributed by atoms with E-state index in [0.717, 1.165) is 21.7 Å². The number of amides is 1. The molecule has 0 spiro atoms. The second kappa shape index (κ2) is 7.23. The van der Waals surface area contributed by atoms with Crippen LogP contribution in [0.4, 0.5) is 11.4 Å². The molecule has 5 nitrogen and oxygen atoms in total. The number of carbonyl (C=O) groups is 1. The van der Waals surface area contributed by atoms with E-state index in [1.807, 2.05) is 32.0 Å². The number of benzene rings is 2. The summed E-state index contributed by atoms with van der Waals surface area (Å²) in [6.45, 7) is 3.46. The van der Waals surface area contributed by atoms with Crippen LogP contribution in [0.5, 0.6) is 0 Å². The molecular formula is C17H19ClN2O3S. The molecule has 0 aliphatic carbocycles. The Hall–Kier alpha value is -2.05. The summed E-state index contributed by atoms with van der Waals surface area (Å²) in [5, 5.41) is 3.28. The van der Waals surface area contributed by atoms with Gasteiger partial charge in [-0.2, -0.15) is 0 Å². The van der Waals surface area contributed by atoms with E-state index in [2.05, 4.69) is 5.32 Å². The first kappa shape index (κ1) is 18.3. The van der Waals surface area contributed by atoms with Crippen LogP contribution in [-0.2, 0) is 14.8 Å². The van der Waals surface area contributed by atoms with Gasteiger partial charge in [-0.3, -0.25) is 9.10 Å². The molecule has 2 rings (SSSR count). The van der Waals surface area contributed by atoms with Gasteiger partial charge in [0.2, 0.25) is 15.9 Å². The van der Waals surface area contributed by atoms with Crippen molar-refractivity contribution in [3.63, 3.8) is 0 Å². The zero-order valence-corrected chi connectivity index (χ0v) is 15.3. The van der Waals surface area contributed by atoms with E-state index in [1.165, 1.54) is 0 Å². The summed E-state index contributed by atoms with van der Waals surface area (Å²) in [7, 11) is -3.61. The van der Waals surface area contributed by atoms with Crippen molar-refractivity contribution >= 4 is 38.9 Å². The lowest BCUT2D eigenvalue weighted by molar-refractivity contribution is -0.114. The maximum atomic E-state index is 12.4. The van der Waals surface area contributed by atoms with Gasteiger partial charge < -0.3 is 5.32 Å². The molecule has 128 valence electrons. The topological polar surface area (TPSA) is 66.5 Å². The summed E-state index contributed by atoms with van der Waals surface area (Å²) in [4.78, 5) is 12.4. The van der Waals surface area contributed by atoms with Crippen LogP contribution in [0, 0.1) is 13.8 Å². The fraction of sp³-hybridized carbons (Fsp3) is 0.235. The van der Waals surface area contributed by atoms with Crippen molar-refractivity contribution in [1.82, 2.24) is 0 Å². The smallest absolute Gasteiger partial charge is 0.245 e. The molecule has 0 aliphatic heterocycles. The monoisotopic (exact) mass is 366 g/mol. The molecule has 0 heterocycles. The van der Waals surface area contributed by atoms with E-state index in [0.29, 0.717) is 16.4 Å². The van der Waals surface area contributed by atoms with Crippen molar-refractivity contribution in [3.05, 3.63) is 58.6 Å². The van der Waals surface area contributed by atoms with Gasteiger partial charge in [0, 0.05) is 10.7 Å². The highest BCUT2D eigenvalue weighted by atomic mass is 35.5. The molecule has 0 aromatic heterocycles. The molecule has 0 saturated heterocycles. The number of rotatable bonds is 5. The molecular weight excluding hydrogens is 348 g/mol. The number of para-hydroxylation sites is 1. The van der Waals surface area contributed by atoms with Gasteiger partial charge in [-0.25, -0.2) is 8.42 Å². The normalized spacial score (nSPS) is 11.2. The van der Waals surface area contributed by atoms with E-state index in [9.17, 15) is 13.2 Å². The number of nitrogens with one attached hydrogen (secondary N) is 1. The van der Waals surface area contributed by atoms with Crippen molar-refractivity contribution in [2.45, 2.75) is 13.8 Å². The van der Waals surface area contributed by atoms with Crippen LogP contribution in [-0.4, -0.2) is 27.1 Å². The molecule has 2 aromatic carbocycles. The lowest BCUT2D eigenvalue weighted by Crippen LogP contribution is -2.37. The van der Waals surface area contributed by atoms with E-state index >= 15 is 0 Å². The van der Waals surface area contributed by atoms with Crippen molar-refractivity contribution in [1.29, 1.82) is 0 Å². The van der Waals surface area contributed by atoms with Gasteiger partial charge >= 0.3 is 0 Å². The van der Waals surface area contributed by atoms with Gasteiger partial charge in [-0.05, 0) is 49.2 Å². The van der Waals surface area contributed by atoms with E-state index in [-0.39, 0.29) is 6.54 Å². The summed E-state index contributed by atoms with van der Waals surface area (Å²) >= 11 is 5.83. The molecule has 0 unspecified atom stereocenters. The fourth-order valence-corrected chi connectivity index (χ4v) is 3.31. The molecule has 0 bridgehead atoms. The number of sulfonamides is 1. The Labute approximate surface area is 147 Å². The Bertz CT molecular complexity index is 828. The first-order valence-corrected chi connectivity index (χ1v) is 9.50. The van der Waals surface area contributed by atoms with Crippen LogP contribution < -0.4 is 9.62 Å². The summed E-state index contributed by atoms with van der Waals surface area (Å²) < 4.78 is 25.2. The molecule has 0 aliphatic rings. The van der Waals surface area contributed by atoms with Crippen molar-refractivity contribution < 1.29 is 13.2 Å². The summed E-state index contributed by atoms with van der Waals surface area (Å²) in [6.07, 6.45) is 1.06. The molecule has 2 aromatic rings. The van der Waals surface area contributed by atoms with Crippen molar-refractivity contribution in [2.24, 2.45) is 0 Å². The highest BCUT2D eigenvalue weighted by Crippen LogP contribution is 2.22. The second-order valence-corrected chi connectivity index (χ2v) is 7.90. The summed E-state index contributed by atoms with van der Waals surface area (Å²) in [5.74, 6) is -0.409. The van der Waals surface area contributed by atoms with Crippen LogP contribution in [0.25, 0.3) is 0 Å². The highest BCUT2D eigenvalue weighted by molar-refractivity contribution is 7.92. The first-order chi connectivity index (χ1) is 11.2. The molecule has 0 atom stereocenters. The molecule has 0 saturated carbocycles. The molecule has 24 heavy (non-hydrogen) atoms. The predicted octanol–water partition coefficient (Wildman–Crippen LogP) is 3.36. The fourth-order valence-electron chi connectivity index (χ4n) is 2.33. The second-order valence-electron chi connectivity index (χ2n) is 5.56. The number of halogens is 1. The van der Waals surface area contributed by atoms with Crippen LogP contribution >= 0.6 is 11.6 Å². The quantitative estimate of drug-likeness (QED) is 0.882. The van der Waals surface area contributed by atoms with Gasteiger partial charge in [-0.1, -0.05) is 29.8 Å². The zero-order chi connectivity index (χ0) is 17.9. The number of anilines is 2. The van der Waals surface area contributed by atoms with Crippen molar-refractivity contribution in [2.75, 3.05) is 22.4 Å². The average molecular weight is 367 g/mol.